The maximum absolute atomic E-state index is 5.91. The summed E-state index contributed by atoms with van der Waals surface area (Å²) in [6, 6.07) is 0. The number of terminal acetylenes is 1. The number of nitrogens with two attached hydrogens (primary N) is 1. The van der Waals surface area contributed by atoms with E-state index in [4.69, 9.17) is 12.2 Å². The molecule has 3 unspecified atom stereocenters. The smallest absolute Gasteiger partial charge is 0.0578 e. The van der Waals surface area contributed by atoms with E-state index >= 15 is 0 Å². The molecule has 2 fully saturated rings. The molecule has 78 valence electrons. The number of nitrogens with zero attached hydrogens (tertiary/aromatic N) is 1. The predicted molar refractivity (Wildman–Crippen MR) is 57.8 cm³/mol. The average Bonchev–Trinajstić information content (AvgIpc) is 2.63. The third-order valence-electron chi connectivity index (χ3n) is 3.83. The predicted octanol–water partition coefficient (Wildman–Crippen LogP) is -0.368. The minimum atomic E-state index is 0.124. The Hall–Kier alpha value is -0.560. The van der Waals surface area contributed by atoms with E-state index in [0.29, 0.717) is 19.0 Å². The lowest BCUT2D eigenvalue weighted by Gasteiger charge is -2.42. The van der Waals surface area contributed by atoms with Crippen LogP contribution in [0.4, 0.5) is 0 Å². The Bertz CT molecular complexity index is 245. The molecule has 0 radical (unpaired) electrons. The van der Waals surface area contributed by atoms with E-state index in [2.05, 4.69) is 16.1 Å². The average molecular weight is 193 g/mol. The van der Waals surface area contributed by atoms with Gasteiger partial charge in [-0.05, 0) is 31.8 Å². The quantitative estimate of drug-likeness (QED) is 0.601. The molecule has 2 bridgehead atoms. The first-order valence-electron chi connectivity index (χ1n) is 5.41. The van der Waals surface area contributed by atoms with Crippen molar-refractivity contribution in [2.75, 3.05) is 32.7 Å². The van der Waals surface area contributed by atoms with Crippen molar-refractivity contribution >= 4 is 0 Å². The summed E-state index contributed by atoms with van der Waals surface area (Å²) in [4.78, 5) is 2.52. The molecule has 2 rings (SSSR count). The van der Waals surface area contributed by atoms with Crippen LogP contribution in [-0.2, 0) is 0 Å². The molecular weight excluding hydrogens is 174 g/mol. The van der Waals surface area contributed by atoms with Gasteiger partial charge < -0.3 is 10.6 Å². The minimum Gasteiger partial charge on any atom is -0.329 e. The van der Waals surface area contributed by atoms with Crippen LogP contribution in [0.2, 0.25) is 0 Å². The highest BCUT2D eigenvalue weighted by Gasteiger charge is 2.44. The van der Waals surface area contributed by atoms with Crippen molar-refractivity contribution in [1.82, 2.24) is 10.2 Å². The van der Waals surface area contributed by atoms with Gasteiger partial charge in [-0.25, -0.2) is 0 Å². The van der Waals surface area contributed by atoms with Crippen LogP contribution in [-0.4, -0.2) is 43.2 Å². The van der Waals surface area contributed by atoms with Gasteiger partial charge in [0.2, 0.25) is 0 Å². The van der Waals surface area contributed by atoms with E-state index in [1.165, 1.54) is 26.1 Å². The fraction of sp³-hybridized carbons (Fsp3) is 0.818. The maximum Gasteiger partial charge on any atom is 0.0578 e. The largest absolute Gasteiger partial charge is 0.329 e. The molecule has 0 spiro atoms. The monoisotopic (exact) mass is 193 g/mol. The van der Waals surface area contributed by atoms with Crippen LogP contribution >= 0.6 is 0 Å². The van der Waals surface area contributed by atoms with Gasteiger partial charge in [0.05, 0.1) is 6.54 Å². The van der Waals surface area contributed by atoms with E-state index in [1.54, 1.807) is 0 Å². The number of fused-ring (bicyclic) bond motifs is 2. The van der Waals surface area contributed by atoms with Gasteiger partial charge >= 0.3 is 0 Å². The lowest BCUT2D eigenvalue weighted by molar-refractivity contribution is 0.141. The van der Waals surface area contributed by atoms with Crippen LogP contribution in [0.15, 0.2) is 0 Å². The number of rotatable bonds is 3. The van der Waals surface area contributed by atoms with E-state index in [1.807, 2.05) is 0 Å². The van der Waals surface area contributed by atoms with Crippen molar-refractivity contribution < 1.29 is 0 Å². The minimum absolute atomic E-state index is 0.124. The Labute approximate surface area is 86.0 Å². The fourth-order valence-electron chi connectivity index (χ4n) is 2.85. The molecule has 0 aromatic carbocycles. The summed E-state index contributed by atoms with van der Waals surface area (Å²) >= 11 is 0. The number of piperidine rings is 1. The Kier molecular flexibility index (Phi) is 2.78. The van der Waals surface area contributed by atoms with Crippen molar-refractivity contribution in [3.05, 3.63) is 0 Å². The summed E-state index contributed by atoms with van der Waals surface area (Å²) in [7, 11) is 0. The zero-order valence-corrected chi connectivity index (χ0v) is 8.63. The van der Waals surface area contributed by atoms with Gasteiger partial charge in [0.25, 0.3) is 0 Å². The topological polar surface area (TPSA) is 41.3 Å². The zero-order chi connectivity index (χ0) is 10.0. The lowest BCUT2D eigenvalue weighted by atomic mass is 9.79. The van der Waals surface area contributed by atoms with Crippen molar-refractivity contribution in [2.24, 2.45) is 11.7 Å². The summed E-state index contributed by atoms with van der Waals surface area (Å²) in [6.07, 6.45) is 7.71. The molecule has 0 saturated carbocycles. The third-order valence-corrected chi connectivity index (χ3v) is 3.83. The molecule has 0 aromatic rings. The molecule has 2 aliphatic heterocycles. The van der Waals surface area contributed by atoms with E-state index < -0.39 is 0 Å². The first kappa shape index (κ1) is 9.97. The molecule has 2 saturated heterocycles. The van der Waals surface area contributed by atoms with E-state index in [0.717, 1.165) is 6.42 Å². The van der Waals surface area contributed by atoms with E-state index in [9.17, 15) is 0 Å². The van der Waals surface area contributed by atoms with Crippen LogP contribution in [0.1, 0.15) is 12.8 Å². The zero-order valence-electron chi connectivity index (χ0n) is 8.63. The summed E-state index contributed by atoms with van der Waals surface area (Å²) < 4.78 is 0. The third kappa shape index (κ3) is 1.54. The number of hydrogen-bond donors (Lipinski definition) is 2. The molecule has 14 heavy (non-hydrogen) atoms. The number of nitrogens with one attached hydrogen (secondary N) is 1. The number of hydrogen-bond acceptors (Lipinski definition) is 3. The Morgan fingerprint density at radius 1 is 1.57 bits per heavy atom. The van der Waals surface area contributed by atoms with Gasteiger partial charge in [-0.15, -0.1) is 6.42 Å². The molecular formula is C11H19N3. The standard InChI is InChI=1S/C11H19N3/c1-2-5-13-11(9-12)4-7-14-6-3-10(11)8-14/h1,10,13H,3-9,12H2. The van der Waals surface area contributed by atoms with Crippen molar-refractivity contribution in [1.29, 1.82) is 0 Å². The normalized spacial score (nSPS) is 40.9. The second-order valence-electron chi connectivity index (χ2n) is 4.45. The van der Waals surface area contributed by atoms with E-state index in [-0.39, 0.29) is 5.54 Å². The first-order valence-corrected chi connectivity index (χ1v) is 5.41. The lowest BCUT2D eigenvalue weighted by Crippen LogP contribution is -2.60. The first-order chi connectivity index (χ1) is 6.80. The summed E-state index contributed by atoms with van der Waals surface area (Å²) in [5.41, 5.74) is 6.04. The Morgan fingerprint density at radius 2 is 2.43 bits per heavy atom. The van der Waals surface area contributed by atoms with Gasteiger partial charge in [0.1, 0.15) is 0 Å². The summed E-state index contributed by atoms with van der Waals surface area (Å²) in [6.45, 7) is 4.98. The van der Waals surface area contributed by atoms with Gasteiger partial charge in [-0.3, -0.25) is 5.32 Å². The molecule has 3 heteroatoms. The second-order valence-corrected chi connectivity index (χ2v) is 4.45. The van der Waals surface area contributed by atoms with Crippen LogP contribution in [0.25, 0.3) is 0 Å². The Balaban J connectivity index is 2.06. The molecule has 0 aromatic heterocycles. The molecule has 3 nitrogen and oxygen atoms in total. The molecule has 0 amide bonds. The van der Waals surface area contributed by atoms with Crippen molar-refractivity contribution in [3.63, 3.8) is 0 Å². The SMILES string of the molecule is C#CCNC1(CN)CCN2CCC1C2. The van der Waals surface area contributed by atoms with Gasteiger partial charge in [-0.1, -0.05) is 5.92 Å². The van der Waals surface area contributed by atoms with Gasteiger partial charge in [-0.2, -0.15) is 0 Å². The van der Waals surface area contributed by atoms with Crippen LogP contribution in [0.3, 0.4) is 0 Å². The van der Waals surface area contributed by atoms with Crippen LogP contribution in [0.5, 0.6) is 0 Å². The summed E-state index contributed by atoms with van der Waals surface area (Å²) in [5, 5.41) is 3.47. The van der Waals surface area contributed by atoms with Crippen LogP contribution < -0.4 is 11.1 Å². The molecule has 0 aliphatic carbocycles. The highest BCUT2D eigenvalue weighted by molar-refractivity contribution is 5.05. The highest BCUT2D eigenvalue weighted by Crippen LogP contribution is 2.34. The van der Waals surface area contributed by atoms with Gasteiger partial charge in [0, 0.05) is 18.6 Å². The van der Waals surface area contributed by atoms with Crippen LogP contribution in [0, 0.1) is 18.3 Å². The molecule has 3 atom stereocenters. The second kappa shape index (κ2) is 3.90. The van der Waals surface area contributed by atoms with Gasteiger partial charge in [0.15, 0.2) is 0 Å². The van der Waals surface area contributed by atoms with Crippen molar-refractivity contribution in [2.45, 2.75) is 18.4 Å². The highest BCUT2D eigenvalue weighted by atomic mass is 15.2. The fourth-order valence-corrected chi connectivity index (χ4v) is 2.85. The Morgan fingerprint density at radius 3 is 3.14 bits per heavy atom. The maximum atomic E-state index is 5.91. The molecule has 2 heterocycles. The summed E-state index contributed by atoms with van der Waals surface area (Å²) in [5.74, 6) is 3.36. The molecule has 3 N–H and O–H groups in total. The van der Waals surface area contributed by atoms with Crippen molar-refractivity contribution in [3.8, 4) is 12.3 Å². The molecule has 2 aliphatic rings.